The molecule has 0 saturated heterocycles. The molecule has 0 bridgehead atoms. The van der Waals surface area contributed by atoms with Gasteiger partial charge in [0.05, 0.1) is 0 Å². The number of rotatable bonds is 3. The largest absolute Gasteiger partial charge is 0.332 e. The quantitative estimate of drug-likeness (QED) is 0.380. The van der Waals surface area contributed by atoms with Gasteiger partial charge in [0.25, 0.3) is 5.91 Å². The summed E-state index contributed by atoms with van der Waals surface area (Å²) in [7, 11) is 0. The average molecular weight is 459 g/mol. The standard InChI is InChI=1S/C23H18N6OS2/c1-13-7-8-18(21-28-29-14(2)26-27-23(29)32-21)12-19(13)24-22(31)25-20(30)17-10-9-15-5-3-4-6-16(15)11-17/h3-12H,1-2H3,(H2,24,25,30,31). The zero-order valence-corrected chi connectivity index (χ0v) is 18.9. The minimum absolute atomic E-state index is 0.234. The fourth-order valence-corrected chi connectivity index (χ4v) is 4.46. The van der Waals surface area contributed by atoms with Crippen LogP contribution < -0.4 is 10.6 Å². The fraction of sp³-hybridized carbons (Fsp3) is 0.0870. The van der Waals surface area contributed by atoms with E-state index in [1.807, 2.05) is 68.4 Å². The van der Waals surface area contributed by atoms with Crippen molar-refractivity contribution in [3.63, 3.8) is 0 Å². The molecule has 2 N–H and O–H groups in total. The Morgan fingerprint density at radius 3 is 2.62 bits per heavy atom. The normalized spacial score (nSPS) is 11.1. The van der Waals surface area contributed by atoms with Crippen molar-refractivity contribution in [2.24, 2.45) is 0 Å². The average Bonchev–Trinajstić information content (AvgIpc) is 3.37. The lowest BCUT2D eigenvalue weighted by Crippen LogP contribution is -2.34. The van der Waals surface area contributed by atoms with Crippen molar-refractivity contribution in [3.05, 3.63) is 77.6 Å². The van der Waals surface area contributed by atoms with E-state index < -0.39 is 0 Å². The number of amides is 1. The molecule has 7 nitrogen and oxygen atoms in total. The highest BCUT2D eigenvalue weighted by Crippen LogP contribution is 2.29. The van der Waals surface area contributed by atoms with Gasteiger partial charge in [-0.1, -0.05) is 53.8 Å². The summed E-state index contributed by atoms with van der Waals surface area (Å²) in [6.07, 6.45) is 0. The van der Waals surface area contributed by atoms with E-state index in [4.69, 9.17) is 12.2 Å². The second-order valence-corrected chi connectivity index (χ2v) is 8.71. The van der Waals surface area contributed by atoms with Crippen molar-refractivity contribution in [3.8, 4) is 10.6 Å². The van der Waals surface area contributed by atoms with Crippen molar-refractivity contribution in [1.29, 1.82) is 0 Å². The van der Waals surface area contributed by atoms with E-state index in [-0.39, 0.29) is 11.0 Å². The Bertz CT molecular complexity index is 1500. The number of carbonyl (C=O) groups excluding carboxylic acids is 1. The zero-order chi connectivity index (χ0) is 22.2. The predicted octanol–water partition coefficient (Wildman–Crippen LogP) is 4.75. The Labute approximate surface area is 193 Å². The molecule has 3 aromatic carbocycles. The molecule has 2 aromatic heterocycles. The second-order valence-electron chi connectivity index (χ2n) is 7.35. The number of nitrogens with zero attached hydrogens (tertiary/aromatic N) is 4. The van der Waals surface area contributed by atoms with E-state index in [0.717, 1.165) is 43.4 Å². The van der Waals surface area contributed by atoms with Gasteiger partial charge >= 0.3 is 0 Å². The lowest BCUT2D eigenvalue weighted by atomic mass is 10.1. The topological polar surface area (TPSA) is 84.2 Å². The van der Waals surface area contributed by atoms with E-state index in [2.05, 4.69) is 25.9 Å². The maximum Gasteiger partial charge on any atom is 0.257 e. The molecule has 5 rings (SSSR count). The van der Waals surface area contributed by atoms with Gasteiger partial charge in [-0.25, -0.2) is 0 Å². The maximum atomic E-state index is 12.7. The molecule has 5 aromatic rings. The van der Waals surface area contributed by atoms with Crippen LogP contribution >= 0.6 is 23.6 Å². The number of fused-ring (bicyclic) bond motifs is 2. The number of anilines is 1. The van der Waals surface area contributed by atoms with Gasteiger partial charge in [0, 0.05) is 16.8 Å². The zero-order valence-electron chi connectivity index (χ0n) is 17.3. The van der Waals surface area contributed by atoms with Crippen LogP contribution in [0.15, 0.2) is 60.7 Å². The van der Waals surface area contributed by atoms with Crippen LogP contribution in [0.4, 0.5) is 5.69 Å². The van der Waals surface area contributed by atoms with Crippen molar-refractivity contribution in [2.75, 3.05) is 5.32 Å². The molecule has 0 aliphatic rings. The molecule has 0 saturated carbocycles. The van der Waals surface area contributed by atoms with Gasteiger partial charge in [-0.15, -0.1) is 10.2 Å². The van der Waals surface area contributed by atoms with Crippen LogP contribution in [0.2, 0.25) is 0 Å². The predicted molar refractivity (Wildman–Crippen MR) is 131 cm³/mol. The number of hydrogen-bond donors (Lipinski definition) is 2. The van der Waals surface area contributed by atoms with Crippen LogP contribution in [-0.4, -0.2) is 30.8 Å². The molecule has 0 atom stereocenters. The second kappa shape index (κ2) is 8.10. The number of hydrogen-bond acceptors (Lipinski definition) is 6. The molecule has 1 amide bonds. The molecule has 0 aliphatic heterocycles. The first-order valence-corrected chi connectivity index (χ1v) is 11.1. The third kappa shape index (κ3) is 3.83. The van der Waals surface area contributed by atoms with Crippen molar-refractivity contribution >= 4 is 56.0 Å². The van der Waals surface area contributed by atoms with Crippen LogP contribution in [0, 0.1) is 13.8 Å². The smallest absolute Gasteiger partial charge is 0.257 e. The van der Waals surface area contributed by atoms with Crippen molar-refractivity contribution in [2.45, 2.75) is 13.8 Å². The minimum atomic E-state index is -0.258. The first kappa shape index (κ1) is 20.2. The summed E-state index contributed by atoms with van der Waals surface area (Å²) in [6.45, 7) is 3.84. The van der Waals surface area contributed by atoms with Gasteiger partial charge in [0.15, 0.2) is 10.9 Å². The molecular formula is C23H18N6OS2. The molecule has 158 valence electrons. The van der Waals surface area contributed by atoms with Crippen molar-refractivity contribution in [1.82, 2.24) is 25.1 Å². The Hall–Kier alpha value is -3.69. The number of aromatic nitrogens is 4. The van der Waals surface area contributed by atoms with Gasteiger partial charge in [0.2, 0.25) is 4.96 Å². The third-order valence-electron chi connectivity index (χ3n) is 5.12. The third-order valence-corrected chi connectivity index (χ3v) is 6.27. The maximum absolute atomic E-state index is 12.7. The highest BCUT2D eigenvalue weighted by molar-refractivity contribution is 7.80. The lowest BCUT2D eigenvalue weighted by Gasteiger charge is -2.13. The molecule has 0 aliphatic carbocycles. The van der Waals surface area contributed by atoms with Gasteiger partial charge in [-0.05, 0) is 60.6 Å². The van der Waals surface area contributed by atoms with E-state index in [0.29, 0.717) is 5.56 Å². The van der Waals surface area contributed by atoms with Crippen molar-refractivity contribution < 1.29 is 4.79 Å². The van der Waals surface area contributed by atoms with Crippen LogP contribution in [-0.2, 0) is 0 Å². The minimum Gasteiger partial charge on any atom is -0.332 e. The molecule has 0 fully saturated rings. The first-order chi connectivity index (χ1) is 15.5. The molecule has 32 heavy (non-hydrogen) atoms. The van der Waals surface area contributed by atoms with E-state index in [1.165, 1.54) is 11.3 Å². The summed E-state index contributed by atoms with van der Waals surface area (Å²) >= 11 is 6.87. The Morgan fingerprint density at radius 2 is 1.81 bits per heavy atom. The number of thiocarbonyl (C=S) groups is 1. The summed E-state index contributed by atoms with van der Waals surface area (Å²) in [5, 5.41) is 21.8. The molecule has 0 spiro atoms. The van der Waals surface area contributed by atoms with Crippen LogP contribution in [0.1, 0.15) is 21.7 Å². The summed E-state index contributed by atoms with van der Waals surface area (Å²) < 4.78 is 1.72. The SMILES string of the molecule is Cc1ccc(-c2nn3c(C)nnc3s2)cc1NC(=S)NC(=O)c1ccc2ccccc2c1. The number of carbonyl (C=O) groups is 1. The lowest BCUT2D eigenvalue weighted by molar-refractivity contribution is 0.0978. The number of benzene rings is 3. The van der Waals surface area contributed by atoms with Gasteiger partial charge in [0.1, 0.15) is 5.01 Å². The first-order valence-electron chi connectivity index (χ1n) is 9.89. The summed E-state index contributed by atoms with van der Waals surface area (Å²) in [4.78, 5) is 13.4. The van der Waals surface area contributed by atoms with Gasteiger partial charge in [-0.3, -0.25) is 10.1 Å². The summed E-state index contributed by atoms with van der Waals surface area (Å²) in [5.74, 6) is 0.483. The molecule has 2 heterocycles. The van der Waals surface area contributed by atoms with Crippen LogP contribution in [0.25, 0.3) is 26.3 Å². The molecule has 9 heteroatoms. The fourth-order valence-electron chi connectivity index (χ4n) is 3.38. The summed E-state index contributed by atoms with van der Waals surface area (Å²) in [5.41, 5.74) is 3.27. The van der Waals surface area contributed by atoms with E-state index in [1.54, 1.807) is 10.6 Å². The van der Waals surface area contributed by atoms with Gasteiger partial charge < -0.3 is 5.32 Å². The number of nitrogens with one attached hydrogen (secondary N) is 2. The molecule has 0 unspecified atom stereocenters. The number of aryl methyl sites for hydroxylation is 2. The Balaban J connectivity index is 1.34. The van der Waals surface area contributed by atoms with Gasteiger partial charge in [-0.2, -0.15) is 9.61 Å². The van der Waals surface area contributed by atoms with Crippen LogP contribution in [0.3, 0.4) is 0 Å². The monoisotopic (exact) mass is 458 g/mol. The summed E-state index contributed by atoms with van der Waals surface area (Å²) in [6, 6.07) is 19.4. The highest BCUT2D eigenvalue weighted by atomic mass is 32.1. The van der Waals surface area contributed by atoms with E-state index >= 15 is 0 Å². The Morgan fingerprint density at radius 1 is 1.00 bits per heavy atom. The highest BCUT2D eigenvalue weighted by Gasteiger charge is 2.13. The van der Waals surface area contributed by atoms with E-state index in [9.17, 15) is 4.79 Å². The van der Waals surface area contributed by atoms with Crippen LogP contribution in [0.5, 0.6) is 0 Å². The molecule has 0 radical (unpaired) electrons. The molecular weight excluding hydrogens is 440 g/mol. The Kier molecular flexibility index (Phi) is 5.12.